The van der Waals surface area contributed by atoms with Crippen LogP contribution in [-0.4, -0.2) is 44.0 Å². The van der Waals surface area contributed by atoms with Gasteiger partial charge in [0.25, 0.3) is 5.91 Å². The van der Waals surface area contributed by atoms with Gasteiger partial charge in [0.2, 0.25) is 5.91 Å². The molecule has 0 radical (unpaired) electrons. The molecule has 2 heterocycles. The van der Waals surface area contributed by atoms with Crippen molar-refractivity contribution < 1.29 is 24.0 Å². The summed E-state index contributed by atoms with van der Waals surface area (Å²) in [7, 11) is 1.32. The molecule has 1 atom stereocenters. The first-order valence-electron chi connectivity index (χ1n) is 10.5. The number of amides is 2. The highest BCUT2D eigenvalue weighted by atomic mass is 16.5. The van der Waals surface area contributed by atoms with E-state index in [1.807, 2.05) is 6.07 Å². The number of ether oxygens (including phenoxy) is 1. The van der Waals surface area contributed by atoms with Crippen molar-refractivity contribution in [2.75, 3.05) is 25.1 Å². The first-order valence-corrected chi connectivity index (χ1v) is 10.5. The van der Waals surface area contributed by atoms with Gasteiger partial charge in [0.15, 0.2) is 6.04 Å². The van der Waals surface area contributed by atoms with E-state index < -0.39 is 5.97 Å². The summed E-state index contributed by atoms with van der Waals surface area (Å²) < 4.78 is 4.70. The molecule has 2 aliphatic heterocycles. The van der Waals surface area contributed by atoms with Crippen molar-refractivity contribution in [1.29, 1.82) is 0 Å². The maximum absolute atomic E-state index is 13.1. The van der Waals surface area contributed by atoms with Gasteiger partial charge in [0.1, 0.15) is 0 Å². The largest absolute Gasteiger partial charge is 0.465 e. The number of imide groups is 1. The fourth-order valence-corrected chi connectivity index (χ4v) is 4.63. The first-order chi connectivity index (χ1) is 14.6. The lowest BCUT2D eigenvalue weighted by atomic mass is 9.89. The third kappa shape index (κ3) is 4.14. The number of anilines is 1. The van der Waals surface area contributed by atoms with Crippen LogP contribution in [-0.2, 0) is 20.7 Å². The second-order valence-corrected chi connectivity index (χ2v) is 8.15. The number of benzene rings is 2. The van der Waals surface area contributed by atoms with E-state index in [1.165, 1.54) is 22.5 Å². The van der Waals surface area contributed by atoms with E-state index in [0.717, 1.165) is 32.4 Å². The quantitative estimate of drug-likeness (QED) is 0.605. The van der Waals surface area contributed by atoms with Crippen molar-refractivity contribution in [2.45, 2.75) is 31.7 Å². The average molecular weight is 407 g/mol. The monoisotopic (exact) mass is 407 g/mol. The molecular weight excluding hydrogens is 380 g/mol. The summed E-state index contributed by atoms with van der Waals surface area (Å²) >= 11 is 0. The summed E-state index contributed by atoms with van der Waals surface area (Å²) in [5.74, 6) is -0.122. The highest BCUT2D eigenvalue weighted by Crippen LogP contribution is 2.24. The zero-order chi connectivity index (χ0) is 21.1. The van der Waals surface area contributed by atoms with Gasteiger partial charge in [-0.05, 0) is 55.0 Å². The van der Waals surface area contributed by atoms with Crippen LogP contribution in [0.4, 0.5) is 5.69 Å². The molecule has 6 nitrogen and oxygen atoms in total. The van der Waals surface area contributed by atoms with E-state index in [1.54, 1.807) is 24.3 Å². The number of methoxy groups -OCH3 is 1. The minimum Gasteiger partial charge on any atom is -0.465 e. The first kappa shape index (κ1) is 20.3. The topological polar surface area (TPSA) is 68.1 Å². The van der Waals surface area contributed by atoms with E-state index in [4.69, 9.17) is 4.74 Å². The summed E-state index contributed by atoms with van der Waals surface area (Å²) in [6.07, 6.45) is 3.45. The van der Waals surface area contributed by atoms with Crippen molar-refractivity contribution >= 4 is 23.5 Å². The molecule has 2 aromatic carbocycles. The van der Waals surface area contributed by atoms with Gasteiger partial charge in [0, 0.05) is 0 Å². The van der Waals surface area contributed by atoms with E-state index in [0.29, 0.717) is 17.2 Å². The zero-order valence-electron chi connectivity index (χ0n) is 17.2. The van der Waals surface area contributed by atoms with Gasteiger partial charge in [-0.25, -0.2) is 9.69 Å². The van der Waals surface area contributed by atoms with Crippen LogP contribution in [0.15, 0.2) is 54.6 Å². The molecule has 2 aromatic rings. The smallest absolute Gasteiger partial charge is 0.337 e. The molecule has 6 heteroatoms. The second-order valence-electron chi connectivity index (χ2n) is 8.15. The van der Waals surface area contributed by atoms with Crippen LogP contribution >= 0.6 is 0 Å². The number of nitrogens with zero attached hydrogens (tertiary/aromatic N) is 1. The van der Waals surface area contributed by atoms with Gasteiger partial charge >= 0.3 is 5.97 Å². The van der Waals surface area contributed by atoms with Gasteiger partial charge in [-0.3, -0.25) is 9.59 Å². The Morgan fingerprint density at radius 1 is 1.03 bits per heavy atom. The molecule has 0 aromatic heterocycles. The Hall–Kier alpha value is -2.99. The van der Waals surface area contributed by atoms with Crippen LogP contribution in [0, 0.1) is 5.92 Å². The van der Waals surface area contributed by atoms with Crippen LogP contribution in [0.2, 0.25) is 0 Å². The molecule has 0 bridgehead atoms. The van der Waals surface area contributed by atoms with Crippen LogP contribution in [0.1, 0.15) is 35.2 Å². The number of likely N-dealkylation sites (tertiary alicyclic amines) is 1. The van der Waals surface area contributed by atoms with E-state index in [9.17, 15) is 14.4 Å². The van der Waals surface area contributed by atoms with Crippen molar-refractivity contribution in [2.24, 2.45) is 5.92 Å². The SMILES string of the molecule is COC(=O)c1ccc(N2C(=O)C[C@@H]([NH+]3CCC(Cc4ccccc4)CC3)C2=O)cc1. The number of hydrogen-bond acceptors (Lipinski definition) is 4. The van der Waals surface area contributed by atoms with Crippen LogP contribution in [0.3, 0.4) is 0 Å². The number of rotatable bonds is 5. The molecule has 0 unspecified atom stereocenters. The Kier molecular flexibility index (Phi) is 5.95. The maximum Gasteiger partial charge on any atom is 0.337 e. The fourth-order valence-electron chi connectivity index (χ4n) is 4.63. The van der Waals surface area contributed by atoms with E-state index in [-0.39, 0.29) is 24.3 Å². The number of hydrogen-bond donors (Lipinski definition) is 1. The number of carbonyl (C=O) groups excluding carboxylic acids is 3. The summed E-state index contributed by atoms with van der Waals surface area (Å²) in [5.41, 5.74) is 2.26. The standard InChI is InChI=1S/C24H26N2O4/c1-30-24(29)19-7-9-20(10-8-19)26-22(27)16-21(23(26)28)25-13-11-18(12-14-25)15-17-5-3-2-4-6-17/h2-10,18,21H,11-16H2,1H3/p+1/t21-/m1/s1. The molecule has 0 spiro atoms. The van der Waals surface area contributed by atoms with Crippen molar-refractivity contribution in [3.05, 3.63) is 65.7 Å². The van der Waals surface area contributed by atoms with Gasteiger partial charge in [-0.2, -0.15) is 0 Å². The zero-order valence-corrected chi connectivity index (χ0v) is 17.2. The number of carbonyl (C=O) groups is 3. The number of nitrogens with one attached hydrogen (secondary N) is 1. The molecule has 2 amide bonds. The second kappa shape index (κ2) is 8.79. The lowest BCUT2D eigenvalue weighted by Crippen LogP contribution is -3.17. The summed E-state index contributed by atoms with van der Waals surface area (Å²) in [6, 6.07) is 16.6. The minimum absolute atomic E-state index is 0.137. The van der Waals surface area contributed by atoms with E-state index in [2.05, 4.69) is 24.3 Å². The molecule has 1 N–H and O–H groups in total. The highest BCUT2D eigenvalue weighted by molar-refractivity contribution is 6.21. The number of quaternary nitrogens is 1. The third-order valence-electron chi connectivity index (χ3n) is 6.30. The Morgan fingerprint density at radius 2 is 1.70 bits per heavy atom. The predicted octanol–water partition coefficient (Wildman–Crippen LogP) is 1.64. The molecule has 30 heavy (non-hydrogen) atoms. The normalized spacial score (nSPS) is 24.2. The Balaban J connectivity index is 1.38. The van der Waals surface area contributed by atoms with Crippen LogP contribution in [0.25, 0.3) is 0 Å². The molecule has 2 saturated heterocycles. The van der Waals surface area contributed by atoms with Crippen molar-refractivity contribution in [3.63, 3.8) is 0 Å². The minimum atomic E-state index is -0.443. The third-order valence-corrected chi connectivity index (χ3v) is 6.30. The van der Waals surface area contributed by atoms with Gasteiger partial charge in [-0.15, -0.1) is 0 Å². The van der Waals surface area contributed by atoms with Gasteiger partial charge < -0.3 is 9.64 Å². The molecule has 0 aliphatic carbocycles. The van der Waals surface area contributed by atoms with Gasteiger partial charge in [-0.1, -0.05) is 30.3 Å². The summed E-state index contributed by atoms with van der Waals surface area (Å²) in [4.78, 5) is 39.8. The Bertz CT molecular complexity index is 918. The molecular formula is C24H27N2O4+. The van der Waals surface area contributed by atoms with E-state index >= 15 is 0 Å². The summed E-state index contributed by atoms with van der Waals surface area (Å²) in [6.45, 7) is 1.83. The lowest BCUT2D eigenvalue weighted by Gasteiger charge is -2.32. The fraction of sp³-hybridized carbons (Fsp3) is 0.375. The molecule has 0 saturated carbocycles. The van der Waals surface area contributed by atoms with Crippen molar-refractivity contribution in [3.8, 4) is 0 Å². The molecule has 4 rings (SSSR count). The molecule has 2 aliphatic rings. The predicted molar refractivity (Wildman–Crippen MR) is 112 cm³/mol. The molecule has 156 valence electrons. The summed E-state index contributed by atoms with van der Waals surface area (Å²) in [5, 5.41) is 0. The lowest BCUT2D eigenvalue weighted by molar-refractivity contribution is -0.920. The van der Waals surface area contributed by atoms with Crippen LogP contribution < -0.4 is 9.80 Å². The van der Waals surface area contributed by atoms with Crippen molar-refractivity contribution in [1.82, 2.24) is 0 Å². The van der Waals surface area contributed by atoms with Crippen LogP contribution in [0.5, 0.6) is 0 Å². The number of esters is 1. The number of piperidine rings is 1. The average Bonchev–Trinajstić information content (AvgIpc) is 3.08. The Labute approximate surface area is 176 Å². The highest BCUT2D eigenvalue weighted by Gasteiger charge is 2.46. The molecule has 2 fully saturated rings. The Morgan fingerprint density at radius 3 is 2.33 bits per heavy atom. The van der Waals surface area contributed by atoms with Gasteiger partial charge in [0.05, 0.1) is 37.9 Å². The maximum atomic E-state index is 13.1.